The van der Waals surface area contributed by atoms with Crippen molar-refractivity contribution < 1.29 is 16.8 Å². The Hall–Kier alpha value is -1.74. The molecular weight excluding hydrogens is 348 g/mol. The van der Waals surface area contributed by atoms with E-state index in [9.17, 15) is 16.8 Å². The van der Waals surface area contributed by atoms with Gasteiger partial charge < -0.3 is 0 Å². The zero-order valence-corrected chi connectivity index (χ0v) is 14.5. The number of benzene rings is 2. The van der Waals surface area contributed by atoms with Crippen LogP contribution in [-0.4, -0.2) is 23.4 Å². The maximum atomic E-state index is 12.5. The third kappa shape index (κ3) is 3.51. The van der Waals surface area contributed by atoms with Gasteiger partial charge in [-0.1, -0.05) is 36.4 Å². The van der Waals surface area contributed by atoms with E-state index in [1.165, 1.54) is 18.2 Å². The molecule has 0 saturated heterocycles. The Labute approximate surface area is 141 Å². The molecule has 0 aromatic heterocycles. The smallest absolute Gasteiger partial charge is 0.225 e. The molecule has 0 unspecified atom stereocenters. The van der Waals surface area contributed by atoms with E-state index in [-0.39, 0.29) is 21.8 Å². The number of primary sulfonamides is 1. The van der Waals surface area contributed by atoms with Crippen LogP contribution >= 0.6 is 0 Å². The van der Waals surface area contributed by atoms with Gasteiger partial charge in [-0.25, -0.2) is 26.7 Å². The van der Waals surface area contributed by atoms with Crippen molar-refractivity contribution in [2.75, 3.05) is 6.54 Å². The van der Waals surface area contributed by atoms with E-state index in [0.29, 0.717) is 0 Å². The molecule has 2 aromatic rings. The van der Waals surface area contributed by atoms with Gasteiger partial charge in [-0.3, -0.25) is 0 Å². The summed E-state index contributed by atoms with van der Waals surface area (Å²) >= 11 is 0. The zero-order valence-electron chi connectivity index (χ0n) is 12.8. The molecule has 1 fully saturated rings. The van der Waals surface area contributed by atoms with E-state index in [2.05, 4.69) is 4.72 Å². The number of rotatable bonds is 6. The topological polar surface area (TPSA) is 106 Å². The highest BCUT2D eigenvalue weighted by Crippen LogP contribution is 2.47. The third-order valence-corrected chi connectivity index (χ3v) is 6.59. The molecule has 0 amide bonds. The summed E-state index contributed by atoms with van der Waals surface area (Å²) in [6.07, 6.45) is 1.83. The Morgan fingerprint density at radius 3 is 2.12 bits per heavy atom. The predicted molar refractivity (Wildman–Crippen MR) is 90.4 cm³/mol. The normalized spacial score (nSPS) is 16.7. The number of nitrogens with one attached hydrogen (secondary N) is 1. The van der Waals surface area contributed by atoms with Crippen LogP contribution in [0.25, 0.3) is 0 Å². The van der Waals surface area contributed by atoms with E-state index in [1.807, 2.05) is 30.3 Å². The summed E-state index contributed by atoms with van der Waals surface area (Å²) in [5.41, 5.74) is 0.928. The second-order valence-electron chi connectivity index (χ2n) is 5.99. The highest BCUT2D eigenvalue weighted by molar-refractivity contribution is 7.90. The van der Waals surface area contributed by atoms with E-state index < -0.39 is 20.0 Å². The fourth-order valence-electron chi connectivity index (χ4n) is 2.64. The fourth-order valence-corrected chi connectivity index (χ4v) is 4.45. The highest BCUT2D eigenvalue weighted by Gasteiger charge is 2.44. The van der Waals surface area contributed by atoms with E-state index >= 15 is 0 Å². The molecule has 6 nitrogen and oxygen atoms in total. The van der Waals surface area contributed by atoms with Crippen LogP contribution in [0.3, 0.4) is 0 Å². The van der Waals surface area contributed by atoms with Gasteiger partial charge in [-0.15, -0.1) is 0 Å². The average Bonchev–Trinajstić information content (AvgIpc) is 3.35. The molecule has 0 spiro atoms. The van der Waals surface area contributed by atoms with Gasteiger partial charge in [0.1, 0.15) is 0 Å². The number of hydrogen-bond donors (Lipinski definition) is 2. The first kappa shape index (κ1) is 17.1. The Morgan fingerprint density at radius 1 is 0.917 bits per heavy atom. The van der Waals surface area contributed by atoms with Gasteiger partial charge in [0, 0.05) is 12.0 Å². The van der Waals surface area contributed by atoms with Crippen LogP contribution < -0.4 is 9.86 Å². The summed E-state index contributed by atoms with van der Waals surface area (Å²) < 4.78 is 50.3. The van der Waals surface area contributed by atoms with Crippen LogP contribution in [0.2, 0.25) is 0 Å². The van der Waals surface area contributed by atoms with E-state index in [1.54, 1.807) is 0 Å². The minimum Gasteiger partial charge on any atom is -0.225 e. The third-order valence-electron chi connectivity index (χ3n) is 4.28. The molecule has 0 radical (unpaired) electrons. The highest BCUT2D eigenvalue weighted by atomic mass is 32.2. The first-order chi connectivity index (χ1) is 11.2. The second kappa shape index (κ2) is 5.96. The summed E-state index contributed by atoms with van der Waals surface area (Å²) in [6.45, 7) is 0.277. The summed E-state index contributed by atoms with van der Waals surface area (Å²) in [5, 5.41) is 5.06. The van der Waals surface area contributed by atoms with Gasteiger partial charge in [0.15, 0.2) is 0 Å². The Morgan fingerprint density at radius 2 is 1.54 bits per heavy atom. The molecule has 8 heteroatoms. The second-order valence-corrected chi connectivity index (χ2v) is 9.32. The lowest BCUT2D eigenvalue weighted by atomic mass is 9.96. The molecule has 3 rings (SSSR count). The van der Waals surface area contributed by atoms with Crippen molar-refractivity contribution in [1.29, 1.82) is 0 Å². The van der Waals surface area contributed by atoms with Gasteiger partial charge >= 0.3 is 0 Å². The lowest BCUT2D eigenvalue weighted by Crippen LogP contribution is -2.32. The Kier molecular flexibility index (Phi) is 4.25. The van der Waals surface area contributed by atoms with Crippen molar-refractivity contribution >= 4 is 20.0 Å². The van der Waals surface area contributed by atoms with Crippen molar-refractivity contribution in [2.45, 2.75) is 28.0 Å². The minimum atomic E-state index is -3.95. The van der Waals surface area contributed by atoms with Crippen LogP contribution in [0.1, 0.15) is 18.4 Å². The molecule has 2 aromatic carbocycles. The molecule has 1 aliphatic rings. The summed E-state index contributed by atoms with van der Waals surface area (Å²) in [4.78, 5) is -0.340. The molecular formula is C16H18N2O4S2. The summed E-state index contributed by atoms with van der Waals surface area (Å²) in [7, 11) is -7.77. The van der Waals surface area contributed by atoms with E-state index in [4.69, 9.17) is 5.14 Å². The lowest BCUT2D eigenvalue weighted by Gasteiger charge is -2.17. The monoisotopic (exact) mass is 366 g/mol. The molecule has 128 valence electrons. The maximum absolute atomic E-state index is 12.5. The van der Waals surface area contributed by atoms with Crippen molar-refractivity contribution in [3.05, 3.63) is 60.2 Å². The fraction of sp³-hybridized carbons (Fsp3) is 0.250. The lowest BCUT2D eigenvalue weighted by molar-refractivity contribution is 0.567. The van der Waals surface area contributed by atoms with Gasteiger partial charge in [0.2, 0.25) is 20.0 Å². The molecule has 0 heterocycles. The van der Waals surface area contributed by atoms with Crippen LogP contribution in [0.4, 0.5) is 0 Å². The SMILES string of the molecule is NS(=O)(=O)c1cccc(S(=O)(=O)NCC2(c3ccccc3)CC2)c1. The Bertz CT molecular complexity index is 951. The first-order valence-electron chi connectivity index (χ1n) is 7.41. The molecule has 0 aliphatic heterocycles. The standard InChI is InChI=1S/C16H18N2O4S2/c17-23(19,20)14-7-4-8-15(11-14)24(21,22)18-12-16(9-10-16)13-5-2-1-3-6-13/h1-8,11,18H,9-10,12H2,(H2,17,19,20). The molecule has 0 bridgehead atoms. The van der Waals surface area contributed by atoms with Crippen molar-refractivity contribution in [3.63, 3.8) is 0 Å². The van der Waals surface area contributed by atoms with Gasteiger partial charge in [0.05, 0.1) is 9.79 Å². The van der Waals surface area contributed by atoms with Crippen molar-refractivity contribution in [3.8, 4) is 0 Å². The predicted octanol–water partition coefficient (Wildman–Crippen LogP) is 1.34. The largest absolute Gasteiger partial charge is 0.240 e. The van der Waals surface area contributed by atoms with E-state index in [0.717, 1.165) is 24.5 Å². The van der Waals surface area contributed by atoms with Crippen LogP contribution in [0.15, 0.2) is 64.4 Å². The zero-order chi connectivity index (χ0) is 17.4. The summed E-state index contributed by atoms with van der Waals surface area (Å²) in [6, 6.07) is 14.8. The average molecular weight is 366 g/mol. The number of sulfonamides is 2. The van der Waals surface area contributed by atoms with Crippen molar-refractivity contribution in [1.82, 2.24) is 4.72 Å². The Balaban J connectivity index is 1.81. The molecule has 3 N–H and O–H groups in total. The molecule has 1 saturated carbocycles. The maximum Gasteiger partial charge on any atom is 0.240 e. The molecule has 0 atom stereocenters. The van der Waals surface area contributed by atoms with Gasteiger partial charge in [0.25, 0.3) is 0 Å². The quantitative estimate of drug-likeness (QED) is 0.804. The molecule has 1 aliphatic carbocycles. The van der Waals surface area contributed by atoms with Crippen molar-refractivity contribution in [2.24, 2.45) is 5.14 Å². The van der Waals surface area contributed by atoms with Gasteiger partial charge in [-0.05, 0) is 36.6 Å². The first-order valence-corrected chi connectivity index (χ1v) is 10.4. The van der Waals surface area contributed by atoms with Crippen LogP contribution in [-0.2, 0) is 25.5 Å². The molecule has 24 heavy (non-hydrogen) atoms. The summed E-state index contributed by atoms with van der Waals surface area (Å²) in [5.74, 6) is 0. The van der Waals surface area contributed by atoms with Crippen LogP contribution in [0.5, 0.6) is 0 Å². The number of hydrogen-bond acceptors (Lipinski definition) is 4. The van der Waals surface area contributed by atoms with Crippen LogP contribution in [0, 0.1) is 0 Å². The minimum absolute atomic E-state index is 0.113. The van der Waals surface area contributed by atoms with Gasteiger partial charge in [-0.2, -0.15) is 0 Å². The number of nitrogens with two attached hydrogens (primary N) is 1.